The standard InChI is InChI=1S/C16H17N5OS/c1-12(16(22)17-10-9-14-8-5-11-23-14)21-19-15(18-20-21)13-6-3-2-4-7-13/h2-8,11-12H,9-10H2,1H3,(H,17,22). The molecule has 1 aromatic carbocycles. The zero-order chi connectivity index (χ0) is 16.1. The van der Waals surface area contributed by atoms with Crippen molar-refractivity contribution in [2.45, 2.75) is 19.4 Å². The molecule has 118 valence electrons. The van der Waals surface area contributed by atoms with E-state index in [1.165, 1.54) is 9.67 Å². The number of aromatic nitrogens is 4. The molecule has 7 heteroatoms. The van der Waals surface area contributed by atoms with E-state index in [4.69, 9.17) is 0 Å². The predicted molar refractivity (Wildman–Crippen MR) is 89.0 cm³/mol. The van der Waals surface area contributed by atoms with Crippen LogP contribution in [-0.2, 0) is 11.2 Å². The Kier molecular flexibility index (Phi) is 4.77. The highest BCUT2D eigenvalue weighted by atomic mass is 32.1. The Balaban J connectivity index is 1.58. The number of carbonyl (C=O) groups excluding carboxylic acids is 1. The van der Waals surface area contributed by atoms with Gasteiger partial charge in [-0.3, -0.25) is 4.79 Å². The van der Waals surface area contributed by atoms with Gasteiger partial charge in [-0.1, -0.05) is 36.4 Å². The van der Waals surface area contributed by atoms with Crippen molar-refractivity contribution >= 4 is 17.2 Å². The summed E-state index contributed by atoms with van der Waals surface area (Å²) < 4.78 is 0. The minimum atomic E-state index is -0.497. The summed E-state index contributed by atoms with van der Waals surface area (Å²) in [7, 11) is 0. The van der Waals surface area contributed by atoms with Gasteiger partial charge in [0.1, 0.15) is 6.04 Å². The number of rotatable bonds is 6. The van der Waals surface area contributed by atoms with Gasteiger partial charge in [-0.2, -0.15) is 4.80 Å². The van der Waals surface area contributed by atoms with E-state index in [-0.39, 0.29) is 5.91 Å². The molecular weight excluding hydrogens is 310 g/mol. The molecule has 0 radical (unpaired) electrons. The van der Waals surface area contributed by atoms with Gasteiger partial charge in [0.05, 0.1) is 0 Å². The third kappa shape index (κ3) is 3.81. The Morgan fingerprint density at radius 2 is 2.09 bits per heavy atom. The SMILES string of the molecule is CC(C(=O)NCCc1cccs1)n1nnc(-c2ccccc2)n1. The fraction of sp³-hybridized carbons (Fsp3) is 0.250. The number of carbonyl (C=O) groups is 1. The number of nitrogens with one attached hydrogen (secondary N) is 1. The molecule has 3 rings (SSSR count). The Morgan fingerprint density at radius 3 is 2.83 bits per heavy atom. The zero-order valence-corrected chi connectivity index (χ0v) is 13.5. The van der Waals surface area contributed by atoms with Crippen molar-refractivity contribution in [2.75, 3.05) is 6.54 Å². The van der Waals surface area contributed by atoms with Crippen LogP contribution >= 0.6 is 11.3 Å². The van der Waals surface area contributed by atoms with Crippen LogP contribution in [0.5, 0.6) is 0 Å². The van der Waals surface area contributed by atoms with Gasteiger partial charge < -0.3 is 5.32 Å². The summed E-state index contributed by atoms with van der Waals surface area (Å²) in [6.07, 6.45) is 0.830. The number of nitrogens with zero attached hydrogens (tertiary/aromatic N) is 4. The van der Waals surface area contributed by atoms with Crippen LogP contribution in [0.2, 0.25) is 0 Å². The lowest BCUT2D eigenvalue weighted by molar-refractivity contribution is -0.124. The molecule has 3 aromatic rings. The quantitative estimate of drug-likeness (QED) is 0.754. The van der Waals surface area contributed by atoms with Crippen molar-refractivity contribution in [3.05, 3.63) is 52.7 Å². The number of hydrogen-bond donors (Lipinski definition) is 1. The Morgan fingerprint density at radius 1 is 1.26 bits per heavy atom. The summed E-state index contributed by atoms with van der Waals surface area (Å²) in [6, 6.07) is 13.1. The fourth-order valence-corrected chi connectivity index (χ4v) is 2.82. The molecule has 1 N–H and O–H groups in total. The van der Waals surface area contributed by atoms with Gasteiger partial charge in [0.25, 0.3) is 0 Å². The van der Waals surface area contributed by atoms with Crippen molar-refractivity contribution in [3.8, 4) is 11.4 Å². The van der Waals surface area contributed by atoms with Crippen molar-refractivity contribution in [3.63, 3.8) is 0 Å². The first-order chi connectivity index (χ1) is 11.2. The molecule has 23 heavy (non-hydrogen) atoms. The molecule has 0 spiro atoms. The summed E-state index contributed by atoms with van der Waals surface area (Å²) in [6.45, 7) is 2.36. The monoisotopic (exact) mass is 327 g/mol. The topological polar surface area (TPSA) is 72.7 Å². The van der Waals surface area contributed by atoms with Crippen LogP contribution in [0.3, 0.4) is 0 Å². The molecule has 1 atom stereocenters. The molecule has 0 saturated heterocycles. The van der Waals surface area contributed by atoms with Crippen LogP contribution in [0, 0.1) is 0 Å². The second-order valence-corrected chi connectivity index (χ2v) is 6.13. The summed E-state index contributed by atoms with van der Waals surface area (Å²) in [5.74, 6) is 0.405. The lowest BCUT2D eigenvalue weighted by Gasteiger charge is -2.10. The van der Waals surface area contributed by atoms with Crippen LogP contribution in [0.4, 0.5) is 0 Å². The van der Waals surface area contributed by atoms with Crippen molar-refractivity contribution < 1.29 is 4.79 Å². The summed E-state index contributed by atoms with van der Waals surface area (Å²) in [5.41, 5.74) is 0.879. The number of thiophene rings is 1. The maximum atomic E-state index is 12.2. The Hall–Kier alpha value is -2.54. The van der Waals surface area contributed by atoms with E-state index >= 15 is 0 Å². The average Bonchev–Trinajstić information content (AvgIpc) is 3.26. The molecule has 0 aliphatic rings. The van der Waals surface area contributed by atoms with Gasteiger partial charge in [0.15, 0.2) is 0 Å². The predicted octanol–water partition coefficient (Wildman–Crippen LogP) is 2.32. The van der Waals surface area contributed by atoms with Gasteiger partial charge in [0.2, 0.25) is 11.7 Å². The van der Waals surface area contributed by atoms with E-state index in [9.17, 15) is 4.79 Å². The highest BCUT2D eigenvalue weighted by Crippen LogP contribution is 2.13. The highest BCUT2D eigenvalue weighted by molar-refractivity contribution is 7.09. The maximum Gasteiger partial charge on any atom is 0.246 e. The second kappa shape index (κ2) is 7.15. The first-order valence-corrected chi connectivity index (χ1v) is 8.27. The minimum absolute atomic E-state index is 0.112. The second-order valence-electron chi connectivity index (χ2n) is 5.10. The maximum absolute atomic E-state index is 12.2. The highest BCUT2D eigenvalue weighted by Gasteiger charge is 2.18. The number of benzene rings is 1. The lowest BCUT2D eigenvalue weighted by Crippen LogP contribution is -2.33. The molecule has 0 saturated carbocycles. The van der Waals surface area contributed by atoms with Crippen molar-refractivity contribution in [1.29, 1.82) is 0 Å². The van der Waals surface area contributed by atoms with E-state index in [0.717, 1.165) is 12.0 Å². The first-order valence-electron chi connectivity index (χ1n) is 7.39. The molecule has 0 bridgehead atoms. The number of hydrogen-bond acceptors (Lipinski definition) is 5. The van der Waals surface area contributed by atoms with E-state index in [1.54, 1.807) is 18.3 Å². The number of tetrazole rings is 1. The number of amides is 1. The summed E-state index contributed by atoms with van der Waals surface area (Å²) in [4.78, 5) is 14.8. The molecule has 2 aromatic heterocycles. The normalized spacial score (nSPS) is 12.0. The van der Waals surface area contributed by atoms with Crippen molar-refractivity contribution in [2.24, 2.45) is 0 Å². The van der Waals surface area contributed by atoms with Crippen LogP contribution in [0.1, 0.15) is 17.8 Å². The molecular formula is C16H17N5OS. The van der Waals surface area contributed by atoms with Gasteiger partial charge in [0, 0.05) is 17.0 Å². The molecule has 0 aliphatic heterocycles. The van der Waals surface area contributed by atoms with Crippen LogP contribution < -0.4 is 5.32 Å². The molecule has 1 unspecified atom stereocenters. The average molecular weight is 327 g/mol. The van der Waals surface area contributed by atoms with Gasteiger partial charge >= 0.3 is 0 Å². The summed E-state index contributed by atoms with van der Waals surface area (Å²) in [5, 5.41) is 17.2. The smallest absolute Gasteiger partial charge is 0.246 e. The molecule has 2 heterocycles. The Labute approximate surface area is 138 Å². The summed E-state index contributed by atoms with van der Waals surface area (Å²) >= 11 is 1.69. The van der Waals surface area contributed by atoms with E-state index in [1.807, 2.05) is 41.8 Å². The first kappa shape index (κ1) is 15.4. The minimum Gasteiger partial charge on any atom is -0.354 e. The largest absolute Gasteiger partial charge is 0.354 e. The van der Waals surface area contributed by atoms with Crippen LogP contribution in [-0.4, -0.2) is 32.7 Å². The third-order valence-electron chi connectivity index (χ3n) is 3.44. The molecule has 0 fully saturated rings. The lowest BCUT2D eigenvalue weighted by atomic mass is 10.2. The molecule has 0 aliphatic carbocycles. The van der Waals surface area contributed by atoms with Crippen molar-refractivity contribution in [1.82, 2.24) is 25.5 Å². The van der Waals surface area contributed by atoms with Gasteiger partial charge in [-0.15, -0.1) is 21.5 Å². The van der Waals surface area contributed by atoms with E-state index < -0.39 is 6.04 Å². The van der Waals surface area contributed by atoms with Crippen LogP contribution in [0.15, 0.2) is 47.8 Å². The fourth-order valence-electron chi connectivity index (χ4n) is 2.11. The van der Waals surface area contributed by atoms with Gasteiger partial charge in [-0.05, 0) is 30.0 Å². The van der Waals surface area contributed by atoms with Crippen LogP contribution in [0.25, 0.3) is 11.4 Å². The van der Waals surface area contributed by atoms with Gasteiger partial charge in [-0.25, -0.2) is 0 Å². The zero-order valence-electron chi connectivity index (χ0n) is 12.7. The Bertz CT molecular complexity index is 754. The molecule has 1 amide bonds. The van der Waals surface area contributed by atoms with E-state index in [2.05, 4.69) is 26.8 Å². The third-order valence-corrected chi connectivity index (χ3v) is 4.37. The van der Waals surface area contributed by atoms with E-state index in [0.29, 0.717) is 12.4 Å². The molecule has 6 nitrogen and oxygen atoms in total.